The van der Waals surface area contributed by atoms with E-state index < -0.39 is 36.2 Å². The standard InChI is InChI=1S/C20H17ClF3N3O3/c21-15-9-5-4-8-14(15)12-27-17(29)19(20(22,23)24,26-18(27)30)25-16(28)11-10-13-6-2-1-3-7-13/h1-9H,10-12H2,(H,25,28)(H,26,30). The number of rotatable bonds is 6. The first-order valence-electron chi connectivity index (χ1n) is 8.93. The van der Waals surface area contributed by atoms with Crippen LogP contribution in [0.15, 0.2) is 54.6 Å². The van der Waals surface area contributed by atoms with E-state index >= 15 is 0 Å². The van der Waals surface area contributed by atoms with Gasteiger partial charge in [-0.05, 0) is 23.6 Å². The quantitative estimate of drug-likeness (QED) is 0.677. The lowest BCUT2D eigenvalue weighted by molar-refractivity contribution is -0.204. The highest BCUT2D eigenvalue weighted by atomic mass is 35.5. The molecule has 1 atom stereocenters. The maximum atomic E-state index is 13.9. The van der Waals surface area contributed by atoms with E-state index in [4.69, 9.17) is 11.6 Å². The van der Waals surface area contributed by atoms with E-state index in [0.717, 1.165) is 5.56 Å². The van der Waals surface area contributed by atoms with Crippen LogP contribution in [0.25, 0.3) is 0 Å². The summed E-state index contributed by atoms with van der Waals surface area (Å²) in [6.07, 6.45) is -5.38. The summed E-state index contributed by atoms with van der Waals surface area (Å²) in [5.41, 5.74) is -2.49. The third-order valence-corrected chi connectivity index (χ3v) is 5.00. The van der Waals surface area contributed by atoms with Crippen LogP contribution in [0.4, 0.5) is 18.0 Å². The number of aryl methyl sites for hydroxylation is 1. The lowest BCUT2D eigenvalue weighted by atomic mass is 10.1. The molecule has 1 aliphatic heterocycles. The van der Waals surface area contributed by atoms with E-state index in [-0.39, 0.29) is 23.4 Å². The second-order valence-electron chi connectivity index (χ2n) is 6.69. The molecule has 0 saturated carbocycles. The fourth-order valence-corrected chi connectivity index (χ4v) is 3.23. The molecule has 10 heteroatoms. The van der Waals surface area contributed by atoms with E-state index in [1.807, 2.05) is 0 Å². The monoisotopic (exact) mass is 439 g/mol. The van der Waals surface area contributed by atoms with Crippen LogP contribution >= 0.6 is 11.6 Å². The molecule has 6 nitrogen and oxygen atoms in total. The number of hydrogen-bond donors (Lipinski definition) is 2. The van der Waals surface area contributed by atoms with Gasteiger partial charge in [0, 0.05) is 11.4 Å². The molecule has 2 N–H and O–H groups in total. The lowest BCUT2D eigenvalue weighted by Crippen LogP contribution is -2.69. The van der Waals surface area contributed by atoms with Gasteiger partial charge in [0.1, 0.15) is 0 Å². The number of carbonyl (C=O) groups is 3. The molecule has 0 spiro atoms. The fourth-order valence-electron chi connectivity index (χ4n) is 3.04. The molecule has 1 heterocycles. The van der Waals surface area contributed by atoms with Gasteiger partial charge in [-0.25, -0.2) is 4.79 Å². The number of hydrogen-bond acceptors (Lipinski definition) is 3. The van der Waals surface area contributed by atoms with Gasteiger partial charge in [0.15, 0.2) is 0 Å². The van der Waals surface area contributed by atoms with Gasteiger partial charge in [-0.1, -0.05) is 60.1 Å². The van der Waals surface area contributed by atoms with Crippen molar-refractivity contribution in [3.63, 3.8) is 0 Å². The zero-order valence-electron chi connectivity index (χ0n) is 15.5. The molecule has 4 amide bonds. The molecule has 1 unspecified atom stereocenters. The molecule has 2 aromatic carbocycles. The van der Waals surface area contributed by atoms with Gasteiger partial charge in [-0.3, -0.25) is 19.8 Å². The molecule has 0 bridgehead atoms. The highest BCUT2D eigenvalue weighted by Gasteiger charge is 2.68. The van der Waals surface area contributed by atoms with Crippen molar-refractivity contribution in [2.75, 3.05) is 0 Å². The maximum absolute atomic E-state index is 13.9. The van der Waals surface area contributed by atoms with Crippen molar-refractivity contribution < 1.29 is 27.6 Å². The Labute approximate surface area is 175 Å². The Morgan fingerprint density at radius 2 is 1.70 bits per heavy atom. The summed E-state index contributed by atoms with van der Waals surface area (Å²) in [5, 5.41) is 3.50. The van der Waals surface area contributed by atoms with Crippen LogP contribution < -0.4 is 10.6 Å². The number of halogens is 4. The number of nitrogens with one attached hydrogen (secondary N) is 2. The third-order valence-electron chi connectivity index (χ3n) is 4.63. The summed E-state index contributed by atoms with van der Waals surface area (Å²) in [4.78, 5) is 37.5. The molecule has 0 aromatic heterocycles. The highest BCUT2D eigenvalue weighted by molar-refractivity contribution is 6.31. The van der Waals surface area contributed by atoms with Crippen LogP contribution in [0.2, 0.25) is 5.02 Å². The minimum Gasteiger partial charge on any atom is -0.318 e. The molecule has 1 aliphatic rings. The van der Waals surface area contributed by atoms with E-state index in [2.05, 4.69) is 0 Å². The van der Waals surface area contributed by atoms with E-state index in [0.29, 0.717) is 4.90 Å². The average Bonchev–Trinajstić information content (AvgIpc) is 2.94. The number of alkyl halides is 3. The van der Waals surface area contributed by atoms with Crippen LogP contribution in [0.3, 0.4) is 0 Å². The summed E-state index contributed by atoms with van der Waals surface area (Å²) < 4.78 is 41.6. The second-order valence-corrected chi connectivity index (χ2v) is 7.10. The van der Waals surface area contributed by atoms with Crippen molar-refractivity contribution >= 4 is 29.4 Å². The van der Waals surface area contributed by atoms with Crippen molar-refractivity contribution in [1.82, 2.24) is 15.5 Å². The Bertz CT molecular complexity index is 969. The molecule has 158 valence electrons. The first-order valence-corrected chi connectivity index (χ1v) is 9.31. The fraction of sp³-hybridized carbons (Fsp3) is 0.250. The summed E-state index contributed by atoms with van der Waals surface area (Å²) in [6, 6.07) is 13.5. The maximum Gasteiger partial charge on any atom is 0.440 e. The number of carbonyl (C=O) groups excluding carboxylic acids is 3. The number of imide groups is 1. The first-order chi connectivity index (χ1) is 14.1. The Balaban J connectivity index is 1.79. The zero-order valence-corrected chi connectivity index (χ0v) is 16.3. The number of benzene rings is 2. The summed E-state index contributed by atoms with van der Waals surface area (Å²) in [5.74, 6) is -2.64. The largest absolute Gasteiger partial charge is 0.440 e. The average molecular weight is 440 g/mol. The van der Waals surface area contributed by atoms with Crippen molar-refractivity contribution in [3.8, 4) is 0 Å². The van der Waals surface area contributed by atoms with Gasteiger partial charge in [-0.2, -0.15) is 13.2 Å². The lowest BCUT2D eigenvalue weighted by Gasteiger charge is -2.30. The SMILES string of the molecule is O=C(CCc1ccccc1)NC1(C(F)(F)F)NC(=O)N(Cc2ccccc2Cl)C1=O. The smallest absolute Gasteiger partial charge is 0.318 e. The number of urea groups is 1. The van der Waals surface area contributed by atoms with Crippen molar-refractivity contribution in [2.45, 2.75) is 31.2 Å². The number of amides is 4. The van der Waals surface area contributed by atoms with E-state index in [9.17, 15) is 27.6 Å². The van der Waals surface area contributed by atoms with Gasteiger partial charge in [-0.15, -0.1) is 0 Å². The molecule has 2 aromatic rings. The van der Waals surface area contributed by atoms with E-state index in [1.165, 1.54) is 12.1 Å². The van der Waals surface area contributed by atoms with E-state index in [1.54, 1.807) is 53.1 Å². The van der Waals surface area contributed by atoms with Gasteiger partial charge in [0.05, 0.1) is 6.54 Å². The molecule has 30 heavy (non-hydrogen) atoms. The van der Waals surface area contributed by atoms with Crippen LogP contribution in [-0.2, 0) is 22.6 Å². The minimum atomic E-state index is -5.25. The van der Waals surface area contributed by atoms with Gasteiger partial charge < -0.3 is 5.32 Å². The summed E-state index contributed by atoms with van der Waals surface area (Å²) >= 11 is 5.98. The molecule has 0 radical (unpaired) electrons. The number of nitrogens with zero attached hydrogens (tertiary/aromatic N) is 1. The molecule has 1 fully saturated rings. The van der Waals surface area contributed by atoms with Gasteiger partial charge >= 0.3 is 12.2 Å². The second kappa shape index (κ2) is 8.35. The summed E-state index contributed by atoms with van der Waals surface area (Å²) in [6.45, 7) is -0.470. The first kappa shape index (κ1) is 21.6. The van der Waals surface area contributed by atoms with Gasteiger partial charge in [0.25, 0.3) is 11.6 Å². The summed E-state index contributed by atoms with van der Waals surface area (Å²) in [7, 11) is 0. The Morgan fingerprint density at radius 3 is 2.33 bits per heavy atom. The minimum absolute atomic E-state index is 0.173. The van der Waals surface area contributed by atoms with Crippen molar-refractivity contribution in [2.24, 2.45) is 0 Å². The molecule has 0 aliphatic carbocycles. The topological polar surface area (TPSA) is 78.5 Å². The molecular weight excluding hydrogens is 423 g/mol. The van der Waals surface area contributed by atoms with Crippen LogP contribution in [-0.4, -0.2) is 34.6 Å². The van der Waals surface area contributed by atoms with Gasteiger partial charge in [0.2, 0.25) is 5.91 Å². The highest BCUT2D eigenvalue weighted by Crippen LogP contribution is 2.35. The normalized spacial score (nSPS) is 19.0. The Kier molecular flexibility index (Phi) is 6.02. The van der Waals surface area contributed by atoms with Crippen molar-refractivity contribution in [3.05, 3.63) is 70.7 Å². The predicted molar refractivity (Wildman–Crippen MR) is 102 cm³/mol. The van der Waals surface area contributed by atoms with Crippen LogP contribution in [0.1, 0.15) is 17.5 Å². The third kappa shape index (κ3) is 4.25. The van der Waals surface area contributed by atoms with Crippen LogP contribution in [0.5, 0.6) is 0 Å². The molecule has 1 saturated heterocycles. The molecular formula is C20H17ClF3N3O3. The predicted octanol–water partition coefficient (Wildman–Crippen LogP) is 3.40. The van der Waals surface area contributed by atoms with Crippen molar-refractivity contribution in [1.29, 1.82) is 0 Å². The Hall–Kier alpha value is -3.07. The zero-order chi connectivity index (χ0) is 21.9. The van der Waals surface area contributed by atoms with Crippen LogP contribution in [0, 0.1) is 0 Å². The Morgan fingerprint density at radius 1 is 1.07 bits per heavy atom. The molecule has 3 rings (SSSR count).